The minimum absolute atomic E-state index is 0.0105. The van der Waals surface area contributed by atoms with Crippen molar-refractivity contribution in [3.8, 4) is 0 Å². The lowest BCUT2D eigenvalue weighted by atomic mass is 10.0. The number of hydrogen-bond donors (Lipinski definition) is 2. The van der Waals surface area contributed by atoms with Crippen LogP contribution in [0.4, 0.5) is 5.69 Å². The third kappa shape index (κ3) is 3.70. The summed E-state index contributed by atoms with van der Waals surface area (Å²) in [5.41, 5.74) is 0.426. The molecule has 2 amide bonds. The third-order valence-electron chi connectivity index (χ3n) is 4.00. The molecule has 1 aliphatic carbocycles. The molecule has 1 saturated carbocycles. The molecule has 1 atom stereocenters. The highest BCUT2D eigenvalue weighted by Gasteiger charge is 2.40. The topological polar surface area (TPSA) is 84.5 Å². The van der Waals surface area contributed by atoms with Crippen molar-refractivity contribution in [1.29, 1.82) is 0 Å². The summed E-state index contributed by atoms with van der Waals surface area (Å²) in [6.45, 7) is 3.62. The molecule has 6 nitrogen and oxygen atoms in total. The predicted octanol–water partition coefficient (Wildman–Crippen LogP) is 1.86. The van der Waals surface area contributed by atoms with Crippen molar-refractivity contribution in [2.24, 2.45) is 5.92 Å². The molecule has 0 aromatic heterocycles. The zero-order valence-corrected chi connectivity index (χ0v) is 13.2. The Morgan fingerprint density at radius 1 is 1.26 bits per heavy atom. The maximum Gasteiger partial charge on any atom is 0.329 e. The van der Waals surface area contributed by atoms with E-state index in [2.05, 4.69) is 10.6 Å². The summed E-state index contributed by atoms with van der Waals surface area (Å²) in [6, 6.07) is 6.06. The summed E-state index contributed by atoms with van der Waals surface area (Å²) in [6.07, 6.45) is 2.28. The van der Waals surface area contributed by atoms with Crippen LogP contribution in [0, 0.1) is 5.92 Å². The van der Waals surface area contributed by atoms with Crippen LogP contribution in [0.1, 0.15) is 43.5 Å². The predicted molar refractivity (Wildman–Crippen MR) is 83.8 cm³/mol. The van der Waals surface area contributed by atoms with E-state index in [1.54, 1.807) is 24.3 Å². The Balaban J connectivity index is 1.65. The van der Waals surface area contributed by atoms with E-state index in [0.717, 1.165) is 12.8 Å². The van der Waals surface area contributed by atoms with E-state index in [1.165, 1.54) is 0 Å². The van der Waals surface area contributed by atoms with Gasteiger partial charge in [0.2, 0.25) is 5.91 Å². The van der Waals surface area contributed by atoms with Gasteiger partial charge in [-0.25, -0.2) is 4.79 Å². The van der Waals surface area contributed by atoms with E-state index in [4.69, 9.17) is 4.74 Å². The van der Waals surface area contributed by atoms with Crippen molar-refractivity contribution in [3.63, 3.8) is 0 Å². The fraction of sp³-hybridized carbons (Fsp3) is 0.471. The highest BCUT2D eigenvalue weighted by molar-refractivity contribution is 5.99. The molecular weight excluding hydrogens is 296 g/mol. The number of carbonyl (C=O) groups excluding carboxylic acids is 3. The molecule has 0 radical (unpaired) electrons. The van der Waals surface area contributed by atoms with Gasteiger partial charge in [0.1, 0.15) is 11.6 Å². The van der Waals surface area contributed by atoms with E-state index in [0.29, 0.717) is 17.7 Å². The normalized spacial score (nSPS) is 22.3. The molecule has 0 bridgehead atoms. The number of rotatable bonds is 4. The van der Waals surface area contributed by atoms with Crippen LogP contribution in [-0.2, 0) is 14.3 Å². The fourth-order valence-corrected chi connectivity index (χ4v) is 2.64. The zero-order valence-electron chi connectivity index (χ0n) is 13.2. The number of benzene rings is 1. The Bertz CT molecular complexity index is 664. The van der Waals surface area contributed by atoms with Crippen LogP contribution in [0.2, 0.25) is 0 Å². The number of nitrogens with one attached hydrogen (secondary N) is 2. The first kappa shape index (κ1) is 15.5. The maximum atomic E-state index is 12.3. The average molecular weight is 316 g/mol. The molecule has 1 aliphatic heterocycles. The van der Waals surface area contributed by atoms with E-state index in [9.17, 15) is 14.4 Å². The van der Waals surface area contributed by atoms with Crippen LogP contribution in [0.25, 0.3) is 0 Å². The van der Waals surface area contributed by atoms with Crippen molar-refractivity contribution in [1.82, 2.24) is 5.32 Å². The molecule has 0 spiro atoms. The van der Waals surface area contributed by atoms with Crippen LogP contribution in [-0.4, -0.2) is 29.4 Å². The number of ether oxygens (including phenoxy) is 1. The van der Waals surface area contributed by atoms with E-state index in [-0.39, 0.29) is 17.7 Å². The molecule has 3 rings (SSSR count). The van der Waals surface area contributed by atoms with Gasteiger partial charge in [-0.2, -0.15) is 0 Å². The number of amides is 2. The van der Waals surface area contributed by atoms with Gasteiger partial charge < -0.3 is 15.4 Å². The molecule has 2 aliphatic rings. The molecule has 1 unspecified atom stereocenters. The quantitative estimate of drug-likeness (QED) is 0.830. The Morgan fingerprint density at radius 2 is 2.00 bits per heavy atom. The van der Waals surface area contributed by atoms with Crippen molar-refractivity contribution < 1.29 is 19.1 Å². The molecule has 6 heteroatoms. The summed E-state index contributed by atoms with van der Waals surface area (Å²) in [5, 5.41) is 5.49. The van der Waals surface area contributed by atoms with E-state index >= 15 is 0 Å². The Hall–Kier alpha value is -2.37. The minimum atomic E-state index is -0.637. The molecule has 1 saturated heterocycles. The SMILES string of the molecule is CC1(C)CC(NC(=O)c2cccc(NC(=O)C3CC3)c2)C(=O)O1. The Labute approximate surface area is 134 Å². The zero-order chi connectivity index (χ0) is 16.6. The molecule has 23 heavy (non-hydrogen) atoms. The number of cyclic esters (lactones) is 1. The highest BCUT2D eigenvalue weighted by Crippen LogP contribution is 2.30. The summed E-state index contributed by atoms with van der Waals surface area (Å²) in [5.74, 6) is -0.680. The van der Waals surface area contributed by atoms with E-state index in [1.807, 2.05) is 13.8 Å². The number of esters is 1. The summed E-state index contributed by atoms with van der Waals surface area (Å²) in [7, 11) is 0. The first-order valence-electron chi connectivity index (χ1n) is 7.79. The first-order valence-corrected chi connectivity index (χ1v) is 7.79. The van der Waals surface area contributed by atoms with Crippen molar-refractivity contribution >= 4 is 23.5 Å². The van der Waals surface area contributed by atoms with Gasteiger partial charge in [0.15, 0.2) is 0 Å². The Kier molecular flexibility index (Phi) is 3.83. The lowest BCUT2D eigenvalue weighted by Crippen LogP contribution is -2.38. The van der Waals surface area contributed by atoms with Crippen molar-refractivity contribution in [2.75, 3.05) is 5.32 Å². The number of anilines is 1. The third-order valence-corrected chi connectivity index (χ3v) is 4.00. The van der Waals surface area contributed by atoms with Gasteiger partial charge in [0.05, 0.1) is 0 Å². The van der Waals surface area contributed by atoms with Crippen molar-refractivity contribution in [2.45, 2.75) is 44.8 Å². The van der Waals surface area contributed by atoms with Crippen LogP contribution in [0.15, 0.2) is 24.3 Å². The number of hydrogen-bond acceptors (Lipinski definition) is 4. The summed E-state index contributed by atoms with van der Waals surface area (Å²) < 4.78 is 5.20. The van der Waals surface area contributed by atoms with Gasteiger partial charge >= 0.3 is 5.97 Å². The molecule has 2 fully saturated rings. The molecule has 1 heterocycles. The second kappa shape index (κ2) is 5.68. The molecule has 122 valence electrons. The van der Waals surface area contributed by atoms with E-state index < -0.39 is 17.6 Å². The summed E-state index contributed by atoms with van der Waals surface area (Å²) >= 11 is 0. The molecular formula is C17H20N2O4. The fourth-order valence-electron chi connectivity index (χ4n) is 2.64. The second-order valence-electron chi connectivity index (χ2n) is 6.76. The average Bonchev–Trinajstić information content (AvgIpc) is 3.27. The highest BCUT2D eigenvalue weighted by atomic mass is 16.6. The summed E-state index contributed by atoms with van der Waals surface area (Å²) in [4.78, 5) is 35.8. The van der Waals surface area contributed by atoms with Crippen LogP contribution in [0.5, 0.6) is 0 Å². The van der Waals surface area contributed by atoms with Crippen LogP contribution < -0.4 is 10.6 Å². The lowest BCUT2D eigenvalue weighted by Gasteiger charge is -2.14. The van der Waals surface area contributed by atoms with Crippen molar-refractivity contribution in [3.05, 3.63) is 29.8 Å². The standard InChI is InChI=1S/C17H20N2O4/c1-17(2)9-13(16(22)23-17)19-15(21)11-4-3-5-12(8-11)18-14(20)10-6-7-10/h3-5,8,10,13H,6-7,9H2,1-2H3,(H,18,20)(H,19,21). The molecule has 1 aromatic carbocycles. The van der Waals surface area contributed by atoms with Gasteiger partial charge in [-0.15, -0.1) is 0 Å². The smallest absolute Gasteiger partial charge is 0.329 e. The molecule has 1 aromatic rings. The van der Waals surface area contributed by atoms with Gasteiger partial charge in [-0.3, -0.25) is 9.59 Å². The largest absolute Gasteiger partial charge is 0.458 e. The maximum absolute atomic E-state index is 12.3. The van der Waals surface area contributed by atoms with Crippen LogP contribution in [0.3, 0.4) is 0 Å². The van der Waals surface area contributed by atoms with Crippen LogP contribution >= 0.6 is 0 Å². The Morgan fingerprint density at radius 3 is 2.61 bits per heavy atom. The first-order chi connectivity index (χ1) is 10.8. The molecule has 2 N–H and O–H groups in total. The van der Waals surface area contributed by atoms with Gasteiger partial charge in [-0.1, -0.05) is 6.07 Å². The number of carbonyl (C=O) groups is 3. The van der Waals surface area contributed by atoms with Gasteiger partial charge in [-0.05, 0) is 44.9 Å². The lowest BCUT2D eigenvalue weighted by molar-refractivity contribution is -0.147. The van der Waals surface area contributed by atoms with Gasteiger partial charge in [0.25, 0.3) is 5.91 Å². The second-order valence-corrected chi connectivity index (χ2v) is 6.76. The van der Waals surface area contributed by atoms with Gasteiger partial charge in [0, 0.05) is 23.6 Å². The minimum Gasteiger partial charge on any atom is -0.458 e. The monoisotopic (exact) mass is 316 g/mol.